The molecule has 0 radical (unpaired) electrons. The van der Waals surface area contributed by atoms with Gasteiger partial charge in [-0.1, -0.05) is 42.3 Å². The zero-order valence-electron chi connectivity index (χ0n) is 11.6. The molecule has 2 aromatic rings. The Balaban J connectivity index is 2.26. The summed E-state index contributed by atoms with van der Waals surface area (Å²) in [5.74, 6) is -0.448. The van der Waals surface area contributed by atoms with Crippen molar-refractivity contribution in [1.29, 1.82) is 0 Å². The summed E-state index contributed by atoms with van der Waals surface area (Å²) in [5.41, 5.74) is 7.55. The third-order valence-corrected chi connectivity index (χ3v) is 3.80. The van der Waals surface area contributed by atoms with E-state index >= 15 is 0 Å². The Labute approximate surface area is 134 Å². The Morgan fingerprint density at radius 1 is 1.24 bits per heavy atom. The maximum Gasteiger partial charge on any atom is 0.248 e. The number of anilines is 1. The fourth-order valence-electron chi connectivity index (χ4n) is 2.15. The van der Waals surface area contributed by atoms with E-state index in [0.717, 1.165) is 17.7 Å². The summed E-state index contributed by atoms with van der Waals surface area (Å²) in [4.78, 5) is 11.2. The number of halogens is 2. The van der Waals surface area contributed by atoms with E-state index in [4.69, 9.17) is 28.9 Å². The zero-order chi connectivity index (χ0) is 15.4. The molecule has 0 aliphatic rings. The summed E-state index contributed by atoms with van der Waals surface area (Å²) in [6.45, 7) is 2.06. The van der Waals surface area contributed by atoms with Gasteiger partial charge in [-0.25, -0.2) is 0 Å². The van der Waals surface area contributed by atoms with Crippen molar-refractivity contribution in [2.45, 2.75) is 19.4 Å². The van der Waals surface area contributed by atoms with Crippen LogP contribution in [0, 0.1) is 0 Å². The van der Waals surface area contributed by atoms with Gasteiger partial charge in [-0.2, -0.15) is 0 Å². The maximum absolute atomic E-state index is 11.2. The second kappa shape index (κ2) is 6.83. The van der Waals surface area contributed by atoms with Crippen LogP contribution in [0.5, 0.6) is 0 Å². The molecule has 2 aromatic carbocycles. The van der Waals surface area contributed by atoms with E-state index in [1.807, 2.05) is 18.2 Å². The van der Waals surface area contributed by atoms with Crippen molar-refractivity contribution in [3.63, 3.8) is 0 Å². The Morgan fingerprint density at radius 3 is 2.62 bits per heavy atom. The molecule has 0 bridgehead atoms. The molecule has 1 unspecified atom stereocenters. The lowest BCUT2D eigenvalue weighted by Crippen LogP contribution is -2.13. The Kier molecular flexibility index (Phi) is 5.10. The van der Waals surface area contributed by atoms with Gasteiger partial charge in [0.25, 0.3) is 0 Å². The van der Waals surface area contributed by atoms with Crippen LogP contribution < -0.4 is 11.1 Å². The van der Waals surface area contributed by atoms with Crippen LogP contribution in [0.15, 0.2) is 42.5 Å². The van der Waals surface area contributed by atoms with Gasteiger partial charge in [-0.15, -0.1) is 0 Å². The standard InChI is InChI=1S/C16H16Cl2N2O/c1-2-15(13-7-6-11(17)9-14(13)18)20-12-5-3-4-10(8-12)16(19)21/h3-9,15,20H,2H2,1H3,(H2,19,21). The largest absolute Gasteiger partial charge is 0.378 e. The molecule has 3 N–H and O–H groups in total. The van der Waals surface area contributed by atoms with Crippen LogP contribution in [0.25, 0.3) is 0 Å². The molecule has 0 aliphatic heterocycles. The molecule has 0 saturated heterocycles. The number of nitrogens with two attached hydrogens (primary N) is 1. The van der Waals surface area contributed by atoms with E-state index in [2.05, 4.69) is 12.2 Å². The number of benzene rings is 2. The van der Waals surface area contributed by atoms with Crippen LogP contribution in [-0.4, -0.2) is 5.91 Å². The molecule has 0 heterocycles. The van der Waals surface area contributed by atoms with E-state index in [1.54, 1.807) is 24.3 Å². The number of carbonyl (C=O) groups is 1. The number of nitrogens with one attached hydrogen (secondary N) is 1. The van der Waals surface area contributed by atoms with E-state index in [9.17, 15) is 4.79 Å². The molecule has 1 atom stereocenters. The first-order chi connectivity index (χ1) is 10.0. The topological polar surface area (TPSA) is 55.1 Å². The highest BCUT2D eigenvalue weighted by molar-refractivity contribution is 6.35. The van der Waals surface area contributed by atoms with E-state index < -0.39 is 5.91 Å². The van der Waals surface area contributed by atoms with Gasteiger partial charge in [0.1, 0.15) is 0 Å². The number of rotatable bonds is 5. The number of amides is 1. The normalized spacial score (nSPS) is 12.0. The molecule has 0 saturated carbocycles. The maximum atomic E-state index is 11.2. The molecule has 21 heavy (non-hydrogen) atoms. The molecular formula is C16H16Cl2N2O. The smallest absolute Gasteiger partial charge is 0.248 e. The van der Waals surface area contributed by atoms with Gasteiger partial charge in [-0.05, 0) is 42.3 Å². The molecule has 1 amide bonds. The molecular weight excluding hydrogens is 307 g/mol. The number of primary amides is 1. The van der Waals surface area contributed by atoms with E-state index in [0.29, 0.717) is 15.6 Å². The summed E-state index contributed by atoms with van der Waals surface area (Å²) in [7, 11) is 0. The van der Waals surface area contributed by atoms with Crippen LogP contribution >= 0.6 is 23.2 Å². The van der Waals surface area contributed by atoms with Gasteiger partial charge in [0.2, 0.25) is 5.91 Å². The summed E-state index contributed by atoms with van der Waals surface area (Å²) in [6, 6.07) is 12.6. The average Bonchev–Trinajstić information content (AvgIpc) is 2.45. The zero-order valence-corrected chi connectivity index (χ0v) is 13.1. The highest BCUT2D eigenvalue weighted by Gasteiger charge is 2.13. The Morgan fingerprint density at radius 2 is 2.00 bits per heavy atom. The minimum absolute atomic E-state index is 0.0258. The molecule has 5 heteroatoms. The molecule has 0 aliphatic carbocycles. The summed E-state index contributed by atoms with van der Waals surface area (Å²) < 4.78 is 0. The summed E-state index contributed by atoms with van der Waals surface area (Å²) in [5, 5.41) is 4.59. The molecule has 0 aromatic heterocycles. The van der Waals surface area contributed by atoms with Crippen molar-refractivity contribution in [1.82, 2.24) is 0 Å². The minimum atomic E-state index is -0.448. The van der Waals surface area contributed by atoms with Crippen LogP contribution in [0.2, 0.25) is 10.0 Å². The van der Waals surface area contributed by atoms with Crippen LogP contribution in [0.4, 0.5) is 5.69 Å². The van der Waals surface area contributed by atoms with E-state index in [-0.39, 0.29) is 6.04 Å². The molecule has 0 spiro atoms. The minimum Gasteiger partial charge on any atom is -0.378 e. The highest BCUT2D eigenvalue weighted by Crippen LogP contribution is 2.30. The van der Waals surface area contributed by atoms with Crippen molar-refractivity contribution >= 4 is 34.8 Å². The fourth-order valence-corrected chi connectivity index (χ4v) is 2.69. The predicted octanol–water partition coefficient (Wildman–Crippen LogP) is 4.66. The third kappa shape index (κ3) is 3.90. The van der Waals surface area contributed by atoms with Crippen LogP contribution in [0.3, 0.4) is 0 Å². The monoisotopic (exact) mass is 322 g/mol. The van der Waals surface area contributed by atoms with Gasteiger partial charge in [0.15, 0.2) is 0 Å². The highest BCUT2D eigenvalue weighted by atomic mass is 35.5. The number of carbonyl (C=O) groups excluding carboxylic acids is 1. The molecule has 2 rings (SSSR count). The first kappa shape index (κ1) is 15.7. The quantitative estimate of drug-likeness (QED) is 0.841. The average molecular weight is 323 g/mol. The fraction of sp³-hybridized carbons (Fsp3) is 0.188. The van der Waals surface area contributed by atoms with Crippen molar-refractivity contribution in [3.8, 4) is 0 Å². The molecule has 110 valence electrons. The lowest BCUT2D eigenvalue weighted by Gasteiger charge is -2.20. The van der Waals surface area contributed by atoms with Crippen molar-refractivity contribution in [2.24, 2.45) is 5.73 Å². The summed E-state index contributed by atoms with van der Waals surface area (Å²) >= 11 is 12.2. The van der Waals surface area contributed by atoms with Crippen molar-refractivity contribution < 1.29 is 4.79 Å². The predicted molar refractivity (Wildman–Crippen MR) is 88.1 cm³/mol. The van der Waals surface area contributed by atoms with Crippen LogP contribution in [-0.2, 0) is 0 Å². The number of hydrogen-bond donors (Lipinski definition) is 2. The number of hydrogen-bond acceptors (Lipinski definition) is 2. The third-order valence-electron chi connectivity index (χ3n) is 3.23. The first-order valence-electron chi connectivity index (χ1n) is 6.62. The Bertz CT molecular complexity index is 658. The van der Waals surface area contributed by atoms with Crippen molar-refractivity contribution in [3.05, 3.63) is 63.6 Å². The second-order valence-electron chi connectivity index (χ2n) is 4.72. The van der Waals surface area contributed by atoms with Crippen molar-refractivity contribution in [2.75, 3.05) is 5.32 Å². The van der Waals surface area contributed by atoms with Gasteiger partial charge in [0, 0.05) is 21.3 Å². The van der Waals surface area contributed by atoms with E-state index in [1.165, 1.54) is 0 Å². The molecule has 3 nitrogen and oxygen atoms in total. The SMILES string of the molecule is CCC(Nc1cccc(C(N)=O)c1)c1ccc(Cl)cc1Cl. The van der Waals surface area contributed by atoms with Gasteiger partial charge < -0.3 is 11.1 Å². The Hall–Kier alpha value is -1.71. The van der Waals surface area contributed by atoms with Gasteiger partial charge in [-0.3, -0.25) is 4.79 Å². The second-order valence-corrected chi connectivity index (χ2v) is 5.56. The van der Waals surface area contributed by atoms with Gasteiger partial charge >= 0.3 is 0 Å². The van der Waals surface area contributed by atoms with Gasteiger partial charge in [0.05, 0.1) is 6.04 Å². The first-order valence-corrected chi connectivity index (χ1v) is 7.38. The molecule has 0 fully saturated rings. The summed E-state index contributed by atoms with van der Waals surface area (Å²) in [6.07, 6.45) is 0.835. The lowest BCUT2D eigenvalue weighted by molar-refractivity contribution is 0.100. The lowest BCUT2D eigenvalue weighted by atomic mass is 10.0. The van der Waals surface area contributed by atoms with Crippen LogP contribution in [0.1, 0.15) is 35.3 Å².